The van der Waals surface area contributed by atoms with Crippen molar-refractivity contribution in [2.75, 3.05) is 17.2 Å². The van der Waals surface area contributed by atoms with Crippen LogP contribution in [0.5, 0.6) is 0 Å². The van der Waals surface area contributed by atoms with Crippen molar-refractivity contribution in [3.05, 3.63) is 29.7 Å². The minimum absolute atomic E-state index is 0.00143. The van der Waals surface area contributed by atoms with Crippen LogP contribution in [-0.2, 0) is 11.3 Å². The topological polar surface area (TPSA) is 84.7 Å². The summed E-state index contributed by atoms with van der Waals surface area (Å²) in [5.74, 6) is 1.35. The molecule has 0 saturated heterocycles. The molecule has 1 unspecified atom stereocenters. The molecule has 0 saturated carbocycles. The molecule has 2 aromatic rings. The largest absolute Gasteiger partial charge is 0.355 e. The molecule has 110 valence electrons. The summed E-state index contributed by atoms with van der Waals surface area (Å²) in [5.41, 5.74) is 1.96. The molecule has 3 rings (SSSR count). The van der Waals surface area contributed by atoms with Crippen molar-refractivity contribution < 1.29 is 4.79 Å². The molecular formula is C14H18N6O. The maximum atomic E-state index is 11.9. The fraction of sp³-hybridized carbons (Fsp3) is 0.429. The van der Waals surface area contributed by atoms with Crippen molar-refractivity contribution in [2.45, 2.75) is 32.7 Å². The van der Waals surface area contributed by atoms with E-state index in [2.05, 4.69) is 25.7 Å². The second-order valence-corrected chi connectivity index (χ2v) is 4.94. The number of rotatable bonds is 4. The van der Waals surface area contributed by atoms with Crippen molar-refractivity contribution in [2.24, 2.45) is 0 Å². The molecule has 3 heterocycles. The van der Waals surface area contributed by atoms with Crippen molar-refractivity contribution in [3.63, 3.8) is 0 Å². The van der Waals surface area contributed by atoms with Crippen molar-refractivity contribution >= 4 is 17.7 Å². The number of anilines is 2. The average Bonchev–Trinajstić information content (AvgIpc) is 2.90. The van der Waals surface area contributed by atoms with E-state index in [4.69, 9.17) is 0 Å². The van der Waals surface area contributed by atoms with Crippen LogP contribution in [0.15, 0.2) is 18.6 Å². The Balaban J connectivity index is 1.95. The quantitative estimate of drug-likeness (QED) is 0.891. The highest BCUT2D eigenvalue weighted by molar-refractivity contribution is 5.94. The monoisotopic (exact) mass is 286 g/mol. The Morgan fingerprint density at radius 2 is 2.10 bits per heavy atom. The lowest BCUT2D eigenvalue weighted by atomic mass is 9.89. The molecule has 0 bridgehead atoms. The third kappa shape index (κ3) is 2.46. The molecule has 1 aliphatic heterocycles. The van der Waals surface area contributed by atoms with Gasteiger partial charge in [0.05, 0.1) is 6.20 Å². The number of aromatic nitrogens is 4. The summed E-state index contributed by atoms with van der Waals surface area (Å²) in [4.78, 5) is 20.5. The molecule has 1 aliphatic rings. The van der Waals surface area contributed by atoms with Crippen LogP contribution < -0.4 is 10.6 Å². The Morgan fingerprint density at radius 3 is 2.76 bits per heavy atom. The van der Waals surface area contributed by atoms with Gasteiger partial charge in [-0.15, -0.1) is 0 Å². The summed E-state index contributed by atoms with van der Waals surface area (Å²) in [7, 11) is 0. The zero-order valence-electron chi connectivity index (χ0n) is 12.1. The van der Waals surface area contributed by atoms with Crippen molar-refractivity contribution in [1.82, 2.24) is 19.7 Å². The standard InChI is InChI=1S/C14H18N6O/c1-3-15-14-16-6-9(7-17-14)10-5-12(21)19-13-11(10)8-18-20(13)4-2/h6-8,10H,3-5H2,1-2H3,(H,19,21)(H,15,16,17). The van der Waals surface area contributed by atoms with Gasteiger partial charge in [-0.3, -0.25) is 4.79 Å². The molecule has 0 fully saturated rings. The average molecular weight is 286 g/mol. The summed E-state index contributed by atoms with van der Waals surface area (Å²) in [6.07, 6.45) is 5.77. The van der Waals surface area contributed by atoms with Crippen molar-refractivity contribution in [1.29, 1.82) is 0 Å². The fourth-order valence-electron chi connectivity index (χ4n) is 2.57. The fourth-order valence-corrected chi connectivity index (χ4v) is 2.57. The van der Waals surface area contributed by atoms with E-state index in [1.165, 1.54) is 0 Å². The lowest BCUT2D eigenvalue weighted by Crippen LogP contribution is -2.25. The maximum absolute atomic E-state index is 11.9. The Morgan fingerprint density at radius 1 is 1.33 bits per heavy atom. The normalized spacial score (nSPS) is 17.2. The molecule has 7 nitrogen and oxygen atoms in total. The van der Waals surface area contributed by atoms with Gasteiger partial charge < -0.3 is 10.6 Å². The molecule has 2 N–H and O–H groups in total. The van der Waals surface area contributed by atoms with E-state index in [1.807, 2.05) is 20.0 Å². The molecular weight excluding hydrogens is 268 g/mol. The number of aryl methyl sites for hydroxylation is 1. The van der Waals surface area contributed by atoms with Gasteiger partial charge in [0.2, 0.25) is 11.9 Å². The van der Waals surface area contributed by atoms with E-state index in [9.17, 15) is 4.79 Å². The molecule has 0 radical (unpaired) electrons. The first-order valence-corrected chi connectivity index (χ1v) is 7.14. The molecule has 0 aromatic carbocycles. The number of hydrogen-bond donors (Lipinski definition) is 2. The third-order valence-electron chi connectivity index (χ3n) is 3.60. The van der Waals surface area contributed by atoms with E-state index in [1.54, 1.807) is 17.1 Å². The maximum Gasteiger partial charge on any atom is 0.226 e. The lowest BCUT2D eigenvalue weighted by molar-refractivity contribution is -0.116. The van der Waals surface area contributed by atoms with Gasteiger partial charge in [-0.25, -0.2) is 14.6 Å². The van der Waals surface area contributed by atoms with Crippen LogP contribution in [0.25, 0.3) is 0 Å². The number of carbonyl (C=O) groups is 1. The lowest BCUT2D eigenvalue weighted by Gasteiger charge is -2.23. The SMILES string of the molecule is CCNc1ncc(C2CC(=O)Nc3c2cnn3CC)cn1. The first-order chi connectivity index (χ1) is 10.2. The van der Waals surface area contributed by atoms with Gasteiger partial charge in [-0.05, 0) is 19.4 Å². The van der Waals surface area contributed by atoms with E-state index < -0.39 is 0 Å². The zero-order chi connectivity index (χ0) is 14.8. The molecule has 1 amide bonds. The number of nitrogens with one attached hydrogen (secondary N) is 2. The van der Waals surface area contributed by atoms with E-state index in [0.717, 1.165) is 30.0 Å². The third-order valence-corrected chi connectivity index (χ3v) is 3.60. The van der Waals surface area contributed by atoms with E-state index in [-0.39, 0.29) is 11.8 Å². The zero-order valence-corrected chi connectivity index (χ0v) is 12.1. The minimum atomic E-state index is -0.0373. The first kappa shape index (κ1) is 13.5. The smallest absolute Gasteiger partial charge is 0.226 e. The van der Waals surface area contributed by atoms with Crippen molar-refractivity contribution in [3.8, 4) is 0 Å². The summed E-state index contributed by atoms with van der Waals surface area (Å²) in [6.45, 7) is 5.49. The van der Waals surface area contributed by atoms with Gasteiger partial charge in [-0.2, -0.15) is 5.10 Å². The van der Waals surface area contributed by atoms with E-state index in [0.29, 0.717) is 12.4 Å². The van der Waals surface area contributed by atoms with Gasteiger partial charge >= 0.3 is 0 Å². The number of amides is 1. The van der Waals surface area contributed by atoms with Crippen LogP contribution >= 0.6 is 0 Å². The second kappa shape index (κ2) is 5.51. The Hall–Kier alpha value is -2.44. The molecule has 2 aromatic heterocycles. The van der Waals surface area contributed by atoms with Crippen LogP contribution in [0.3, 0.4) is 0 Å². The number of nitrogens with zero attached hydrogens (tertiary/aromatic N) is 4. The van der Waals surface area contributed by atoms with Crippen LogP contribution in [-0.4, -0.2) is 32.2 Å². The predicted octanol–water partition coefficient (Wildman–Crippen LogP) is 1.60. The Kier molecular flexibility index (Phi) is 3.55. The Labute approximate surface area is 122 Å². The summed E-state index contributed by atoms with van der Waals surface area (Å²) >= 11 is 0. The van der Waals surface area contributed by atoms with Gasteiger partial charge in [-0.1, -0.05) is 0 Å². The summed E-state index contributed by atoms with van der Waals surface area (Å²) in [6, 6.07) is 0. The summed E-state index contributed by atoms with van der Waals surface area (Å²) in [5, 5.41) is 10.3. The first-order valence-electron chi connectivity index (χ1n) is 7.14. The number of carbonyl (C=O) groups excluding carboxylic acids is 1. The minimum Gasteiger partial charge on any atom is -0.355 e. The van der Waals surface area contributed by atoms with Gasteiger partial charge in [0.15, 0.2) is 0 Å². The van der Waals surface area contributed by atoms with Gasteiger partial charge in [0.1, 0.15) is 5.82 Å². The highest BCUT2D eigenvalue weighted by atomic mass is 16.1. The summed E-state index contributed by atoms with van der Waals surface area (Å²) < 4.78 is 1.80. The molecule has 7 heteroatoms. The molecule has 0 aliphatic carbocycles. The Bertz CT molecular complexity index is 648. The van der Waals surface area contributed by atoms with Crippen LogP contribution in [0.4, 0.5) is 11.8 Å². The van der Waals surface area contributed by atoms with Gasteiger partial charge in [0, 0.05) is 43.4 Å². The predicted molar refractivity (Wildman–Crippen MR) is 79.2 cm³/mol. The van der Waals surface area contributed by atoms with E-state index >= 15 is 0 Å². The van der Waals surface area contributed by atoms with Crippen LogP contribution in [0, 0.1) is 0 Å². The molecule has 21 heavy (non-hydrogen) atoms. The molecule has 1 atom stereocenters. The molecule has 0 spiro atoms. The second-order valence-electron chi connectivity index (χ2n) is 4.94. The highest BCUT2D eigenvalue weighted by Crippen LogP contribution is 2.36. The number of hydrogen-bond acceptors (Lipinski definition) is 5. The highest BCUT2D eigenvalue weighted by Gasteiger charge is 2.30. The van der Waals surface area contributed by atoms with Crippen LogP contribution in [0.1, 0.15) is 37.3 Å². The van der Waals surface area contributed by atoms with Gasteiger partial charge in [0.25, 0.3) is 0 Å². The number of fused-ring (bicyclic) bond motifs is 1. The van der Waals surface area contributed by atoms with Crippen LogP contribution in [0.2, 0.25) is 0 Å².